The van der Waals surface area contributed by atoms with Gasteiger partial charge in [0.2, 0.25) is 0 Å². The molecule has 2 fully saturated rings. The van der Waals surface area contributed by atoms with Gasteiger partial charge in [0.1, 0.15) is 0 Å². The van der Waals surface area contributed by atoms with E-state index < -0.39 is 11.9 Å². The minimum absolute atomic E-state index is 0. The number of hydrogen-bond donors (Lipinski definition) is 0. The van der Waals surface area contributed by atoms with Crippen LogP contribution in [0, 0.1) is 11.8 Å². The Bertz CT molecular complexity index is 217. The fourth-order valence-electron chi connectivity index (χ4n) is 2.32. The number of carboxylic acids is 2. The predicted octanol–water partition coefficient (Wildman–Crippen LogP) is -0.150. The summed E-state index contributed by atoms with van der Waals surface area (Å²) in [7, 11) is 0. The Morgan fingerprint density at radius 3 is 1.06 bits per heavy atom. The maximum Gasteiger partial charge on any atom is 2.00 e. The average Bonchev–Trinajstić information content (AvgIpc) is 2.93. The third-order valence-corrected chi connectivity index (χ3v) is 3.38. The molecule has 2 aliphatic rings. The second-order valence-corrected chi connectivity index (χ2v) is 4.60. The van der Waals surface area contributed by atoms with Gasteiger partial charge in [0.05, 0.1) is 0 Å². The number of carboxylic acid groups (broad SMARTS) is 2. The van der Waals surface area contributed by atoms with Crippen LogP contribution >= 0.6 is 0 Å². The summed E-state index contributed by atoms with van der Waals surface area (Å²) >= 11 is 0. The van der Waals surface area contributed by atoms with Gasteiger partial charge < -0.3 is 19.8 Å². The second kappa shape index (κ2) is 8.54. The molecule has 0 bridgehead atoms. The molecule has 5 heteroatoms. The van der Waals surface area contributed by atoms with Crippen molar-refractivity contribution in [2.75, 3.05) is 0 Å². The Kier molecular flexibility index (Phi) is 8.26. The zero-order valence-electron chi connectivity index (χ0n) is 9.80. The van der Waals surface area contributed by atoms with Gasteiger partial charge in [-0.3, -0.25) is 0 Å². The molecule has 4 nitrogen and oxygen atoms in total. The van der Waals surface area contributed by atoms with E-state index in [2.05, 4.69) is 0 Å². The molecule has 0 N–H and O–H groups in total. The van der Waals surface area contributed by atoms with E-state index in [1.807, 2.05) is 0 Å². The van der Waals surface area contributed by atoms with Crippen LogP contribution in [-0.2, 0) is 26.7 Å². The van der Waals surface area contributed by atoms with Crippen molar-refractivity contribution in [2.24, 2.45) is 11.8 Å². The van der Waals surface area contributed by atoms with E-state index in [-0.39, 0.29) is 28.9 Å². The van der Waals surface area contributed by atoms with Gasteiger partial charge in [-0.1, -0.05) is 25.7 Å². The summed E-state index contributed by atoms with van der Waals surface area (Å²) in [6, 6.07) is 0. The largest absolute Gasteiger partial charge is 2.00 e. The van der Waals surface area contributed by atoms with E-state index in [0.29, 0.717) is 0 Å². The molecule has 0 radical (unpaired) electrons. The maximum atomic E-state index is 10.1. The first-order valence-corrected chi connectivity index (χ1v) is 6.03. The molecule has 2 rings (SSSR count). The molecule has 0 aromatic rings. The smallest absolute Gasteiger partial charge is 0.550 e. The molecular formula is C12H18FeO4. The summed E-state index contributed by atoms with van der Waals surface area (Å²) in [6.45, 7) is 0. The Hall–Kier alpha value is -0.541. The minimum atomic E-state index is -0.859. The Labute approximate surface area is 112 Å². The summed E-state index contributed by atoms with van der Waals surface area (Å²) in [5.74, 6) is -1.98. The molecular weight excluding hydrogens is 264 g/mol. The van der Waals surface area contributed by atoms with Gasteiger partial charge in [-0.2, -0.15) is 0 Å². The minimum Gasteiger partial charge on any atom is -0.550 e. The van der Waals surface area contributed by atoms with Gasteiger partial charge in [-0.25, -0.2) is 0 Å². The van der Waals surface area contributed by atoms with Gasteiger partial charge in [-0.05, 0) is 37.5 Å². The number of carbonyl (C=O) groups is 2. The van der Waals surface area contributed by atoms with Crippen LogP contribution in [0.1, 0.15) is 51.4 Å². The van der Waals surface area contributed by atoms with Crippen molar-refractivity contribution in [3.63, 3.8) is 0 Å². The van der Waals surface area contributed by atoms with Crippen molar-refractivity contribution in [1.82, 2.24) is 0 Å². The van der Waals surface area contributed by atoms with Crippen molar-refractivity contribution in [2.45, 2.75) is 51.4 Å². The van der Waals surface area contributed by atoms with Crippen molar-refractivity contribution >= 4 is 11.9 Å². The Balaban J connectivity index is 0.000000284. The Morgan fingerprint density at radius 2 is 0.941 bits per heavy atom. The van der Waals surface area contributed by atoms with Gasteiger partial charge in [-0.15, -0.1) is 0 Å². The van der Waals surface area contributed by atoms with Crippen LogP contribution in [-0.4, -0.2) is 11.9 Å². The van der Waals surface area contributed by atoms with Crippen LogP contribution in [0.5, 0.6) is 0 Å². The van der Waals surface area contributed by atoms with Crippen LogP contribution in [0.15, 0.2) is 0 Å². The number of aliphatic carboxylic acids is 2. The van der Waals surface area contributed by atoms with Gasteiger partial charge in [0, 0.05) is 11.9 Å². The molecule has 0 amide bonds. The first-order chi connectivity index (χ1) is 7.61. The molecule has 0 heterocycles. The molecule has 17 heavy (non-hydrogen) atoms. The van der Waals surface area contributed by atoms with E-state index in [1.165, 1.54) is 0 Å². The standard InChI is InChI=1S/2C6H10O2.Fe/c2*7-6(8)5-3-1-2-4-5;/h2*5H,1-4H2,(H,7,8);/q;;+2/p-2. The van der Waals surface area contributed by atoms with Crippen LogP contribution in [0.4, 0.5) is 0 Å². The molecule has 2 saturated carbocycles. The van der Waals surface area contributed by atoms with Crippen molar-refractivity contribution < 1.29 is 36.9 Å². The van der Waals surface area contributed by atoms with Gasteiger partial charge >= 0.3 is 17.1 Å². The summed E-state index contributed by atoms with van der Waals surface area (Å²) in [4.78, 5) is 20.2. The average molecular weight is 282 g/mol. The first kappa shape index (κ1) is 16.5. The number of rotatable bonds is 2. The molecule has 0 spiro atoms. The quantitative estimate of drug-likeness (QED) is 0.660. The third kappa shape index (κ3) is 6.08. The van der Waals surface area contributed by atoms with Crippen LogP contribution in [0.3, 0.4) is 0 Å². The van der Waals surface area contributed by atoms with Gasteiger partial charge in [0.15, 0.2) is 0 Å². The molecule has 2 aliphatic carbocycles. The molecule has 0 aromatic heterocycles. The zero-order valence-corrected chi connectivity index (χ0v) is 10.9. The molecule has 0 unspecified atom stereocenters. The monoisotopic (exact) mass is 282 g/mol. The van der Waals surface area contributed by atoms with Crippen molar-refractivity contribution in [3.05, 3.63) is 0 Å². The SMILES string of the molecule is O=C([O-])C1CCCC1.O=C([O-])C1CCCC1.[Fe+2]. The summed E-state index contributed by atoms with van der Waals surface area (Å²) in [5, 5.41) is 20.2. The van der Waals surface area contributed by atoms with E-state index in [0.717, 1.165) is 51.4 Å². The van der Waals surface area contributed by atoms with Crippen LogP contribution in [0.2, 0.25) is 0 Å². The van der Waals surface area contributed by atoms with Crippen LogP contribution in [0.25, 0.3) is 0 Å². The second-order valence-electron chi connectivity index (χ2n) is 4.60. The third-order valence-electron chi connectivity index (χ3n) is 3.38. The Morgan fingerprint density at radius 1 is 0.706 bits per heavy atom. The van der Waals surface area contributed by atoms with Gasteiger partial charge in [0.25, 0.3) is 0 Å². The summed E-state index contributed by atoms with van der Waals surface area (Å²) in [6.07, 6.45) is 7.61. The summed E-state index contributed by atoms with van der Waals surface area (Å²) < 4.78 is 0. The summed E-state index contributed by atoms with van der Waals surface area (Å²) in [5.41, 5.74) is 0. The van der Waals surface area contributed by atoms with Crippen molar-refractivity contribution in [3.8, 4) is 0 Å². The normalized spacial score (nSPS) is 20.2. The molecule has 0 aromatic carbocycles. The maximum absolute atomic E-state index is 10.1. The molecule has 0 atom stereocenters. The first-order valence-electron chi connectivity index (χ1n) is 6.03. The molecule has 0 aliphatic heterocycles. The van der Waals surface area contributed by atoms with E-state index >= 15 is 0 Å². The van der Waals surface area contributed by atoms with E-state index in [4.69, 9.17) is 0 Å². The van der Waals surface area contributed by atoms with E-state index in [9.17, 15) is 19.8 Å². The van der Waals surface area contributed by atoms with E-state index in [1.54, 1.807) is 0 Å². The molecule has 98 valence electrons. The fraction of sp³-hybridized carbons (Fsp3) is 0.833. The fourth-order valence-corrected chi connectivity index (χ4v) is 2.32. The topological polar surface area (TPSA) is 80.3 Å². The van der Waals surface area contributed by atoms with Crippen LogP contribution < -0.4 is 10.2 Å². The molecule has 0 saturated heterocycles. The number of carbonyl (C=O) groups excluding carboxylic acids is 2. The zero-order chi connectivity index (χ0) is 12.0. The van der Waals surface area contributed by atoms with Crippen molar-refractivity contribution in [1.29, 1.82) is 0 Å². The number of hydrogen-bond acceptors (Lipinski definition) is 4. The predicted molar refractivity (Wildman–Crippen MR) is 53.9 cm³/mol.